The molecule has 2 aliphatic carbocycles. The maximum atomic E-state index is 12.6. The smallest absolute Gasteiger partial charge is 0.251 e. The van der Waals surface area contributed by atoms with Gasteiger partial charge in [-0.05, 0) is 49.9 Å². The van der Waals surface area contributed by atoms with Crippen LogP contribution in [0.1, 0.15) is 87.4 Å². The average molecular weight is 393 g/mol. The van der Waals surface area contributed by atoms with Crippen LogP contribution in [0.15, 0.2) is 29.2 Å². The van der Waals surface area contributed by atoms with E-state index in [4.69, 9.17) is 0 Å². The molecule has 3 rings (SSSR count). The highest BCUT2D eigenvalue weighted by molar-refractivity contribution is 7.89. The summed E-state index contributed by atoms with van der Waals surface area (Å²) in [6.45, 7) is 0. The van der Waals surface area contributed by atoms with Crippen molar-refractivity contribution in [3.63, 3.8) is 0 Å². The van der Waals surface area contributed by atoms with Crippen LogP contribution in [-0.2, 0) is 10.0 Å². The molecule has 0 unspecified atom stereocenters. The molecular formula is C21H32N2O3S. The van der Waals surface area contributed by atoms with Crippen molar-refractivity contribution >= 4 is 15.9 Å². The summed E-state index contributed by atoms with van der Waals surface area (Å²) in [5, 5.41) is 3.10. The molecule has 1 aromatic rings. The number of hydrogen-bond acceptors (Lipinski definition) is 3. The van der Waals surface area contributed by atoms with Gasteiger partial charge in [-0.3, -0.25) is 4.79 Å². The molecule has 1 aromatic carbocycles. The fourth-order valence-corrected chi connectivity index (χ4v) is 5.47. The van der Waals surface area contributed by atoms with Gasteiger partial charge in [0.05, 0.1) is 4.90 Å². The Balaban J connectivity index is 1.60. The van der Waals surface area contributed by atoms with Crippen LogP contribution in [0.4, 0.5) is 0 Å². The predicted octanol–water partition coefficient (Wildman–Crippen LogP) is 4.14. The van der Waals surface area contributed by atoms with E-state index in [0.29, 0.717) is 5.56 Å². The minimum absolute atomic E-state index is 0.0238. The number of nitrogens with one attached hydrogen (secondary N) is 2. The van der Waals surface area contributed by atoms with E-state index in [9.17, 15) is 13.2 Å². The maximum Gasteiger partial charge on any atom is 0.251 e. The molecule has 1 amide bonds. The Hall–Kier alpha value is -1.40. The molecule has 2 saturated carbocycles. The molecule has 27 heavy (non-hydrogen) atoms. The minimum atomic E-state index is -3.53. The van der Waals surface area contributed by atoms with E-state index in [1.54, 1.807) is 24.3 Å². The number of benzene rings is 1. The van der Waals surface area contributed by atoms with Gasteiger partial charge in [0.25, 0.3) is 5.91 Å². The van der Waals surface area contributed by atoms with Crippen molar-refractivity contribution < 1.29 is 13.2 Å². The van der Waals surface area contributed by atoms with Crippen LogP contribution in [0.2, 0.25) is 0 Å². The molecule has 0 aliphatic heterocycles. The third-order valence-electron chi connectivity index (χ3n) is 5.79. The molecule has 0 heterocycles. The highest BCUT2D eigenvalue weighted by atomic mass is 32.2. The zero-order valence-corrected chi connectivity index (χ0v) is 16.9. The quantitative estimate of drug-likeness (QED) is 0.740. The van der Waals surface area contributed by atoms with Crippen LogP contribution in [0.3, 0.4) is 0 Å². The van der Waals surface area contributed by atoms with Gasteiger partial charge in [-0.15, -0.1) is 0 Å². The molecule has 0 spiro atoms. The average Bonchev–Trinajstić information content (AvgIpc) is 3.06. The van der Waals surface area contributed by atoms with Crippen molar-refractivity contribution in [1.29, 1.82) is 0 Å². The van der Waals surface area contributed by atoms with Crippen LogP contribution in [0, 0.1) is 0 Å². The van der Waals surface area contributed by atoms with Gasteiger partial charge in [0.1, 0.15) is 0 Å². The predicted molar refractivity (Wildman–Crippen MR) is 107 cm³/mol. The van der Waals surface area contributed by atoms with Gasteiger partial charge < -0.3 is 5.32 Å². The number of rotatable bonds is 5. The molecule has 2 aliphatic rings. The summed E-state index contributed by atoms with van der Waals surface area (Å²) in [6, 6.07) is 6.58. The van der Waals surface area contributed by atoms with Gasteiger partial charge in [0, 0.05) is 17.6 Å². The topological polar surface area (TPSA) is 75.3 Å². The van der Waals surface area contributed by atoms with Crippen LogP contribution in [-0.4, -0.2) is 26.4 Å². The van der Waals surface area contributed by atoms with Crippen molar-refractivity contribution in [2.75, 3.05) is 0 Å². The lowest BCUT2D eigenvalue weighted by Gasteiger charge is -2.17. The third-order valence-corrected chi connectivity index (χ3v) is 7.33. The minimum Gasteiger partial charge on any atom is -0.349 e. The molecule has 0 radical (unpaired) electrons. The molecule has 0 atom stereocenters. The van der Waals surface area contributed by atoms with Crippen LogP contribution in [0.25, 0.3) is 0 Å². The summed E-state index contributed by atoms with van der Waals surface area (Å²) in [5.41, 5.74) is 0.521. The first-order chi connectivity index (χ1) is 13.0. The highest BCUT2D eigenvalue weighted by Crippen LogP contribution is 2.20. The summed E-state index contributed by atoms with van der Waals surface area (Å²) in [4.78, 5) is 12.7. The van der Waals surface area contributed by atoms with E-state index in [-0.39, 0.29) is 22.9 Å². The van der Waals surface area contributed by atoms with E-state index < -0.39 is 10.0 Å². The van der Waals surface area contributed by atoms with E-state index in [1.807, 2.05) is 0 Å². The number of amides is 1. The van der Waals surface area contributed by atoms with Crippen molar-refractivity contribution in [1.82, 2.24) is 10.0 Å². The molecule has 150 valence electrons. The fourth-order valence-electron chi connectivity index (χ4n) is 4.16. The molecule has 0 bridgehead atoms. The fraction of sp³-hybridized carbons (Fsp3) is 0.667. The lowest BCUT2D eigenvalue weighted by Crippen LogP contribution is -2.35. The van der Waals surface area contributed by atoms with Gasteiger partial charge in [0.15, 0.2) is 0 Å². The molecule has 0 aromatic heterocycles. The zero-order valence-electron chi connectivity index (χ0n) is 16.1. The van der Waals surface area contributed by atoms with E-state index in [2.05, 4.69) is 10.0 Å². The van der Waals surface area contributed by atoms with Crippen LogP contribution < -0.4 is 10.0 Å². The van der Waals surface area contributed by atoms with E-state index >= 15 is 0 Å². The monoisotopic (exact) mass is 392 g/mol. The van der Waals surface area contributed by atoms with E-state index in [1.165, 1.54) is 25.7 Å². The van der Waals surface area contributed by atoms with Gasteiger partial charge in [-0.25, -0.2) is 13.1 Å². The second-order valence-corrected chi connectivity index (χ2v) is 9.71. The lowest BCUT2D eigenvalue weighted by atomic mass is 10.1. The Morgan fingerprint density at radius 1 is 0.741 bits per heavy atom. The Morgan fingerprint density at radius 2 is 1.22 bits per heavy atom. The molecule has 2 N–H and O–H groups in total. The Morgan fingerprint density at radius 3 is 1.74 bits per heavy atom. The Kier molecular flexibility index (Phi) is 7.30. The maximum absolute atomic E-state index is 12.6. The van der Waals surface area contributed by atoms with E-state index in [0.717, 1.165) is 51.4 Å². The molecule has 6 heteroatoms. The normalized spacial score (nSPS) is 20.6. The highest BCUT2D eigenvalue weighted by Gasteiger charge is 2.22. The number of carbonyl (C=O) groups excluding carboxylic acids is 1. The van der Waals surface area contributed by atoms with Gasteiger partial charge >= 0.3 is 0 Å². The summed E-state index contributed by atoms with van der Waals surface area (Å²) in [5.74, 6) is -0.109. The first kappa shape index (κ1) is 20.3. The van der Waals surface area contributed by atoms with Crippen molar-refractivity contribution in [2.45, 2.75) is 94.0 Å². The number of hydrogen-bond donors (Lipinski definition) is 2. The van der Waals surface area contributed by atoms with Crippen molar-refractivity contribution in [3.8, 4) is 0 Å². The summed E-state index contributed by atoms with van der Waals surface area (Å²) in [6.07, 6.45) is 13.2. The van der Waals surface area contributed by atoms with Crippen molar-refractivity contribution in [3.05, 3.63) is 29.8 Å². The number of sulfonamides is 1. The summed E-state index contributed by atoms with van der Waals surface area (Å²) in [7, 11) is -3.53. The Bertz CT molecular complexity index is 699. The largest absolute Gasteiger partial charge is 0.349 e. The zero-order chi connectivity index (χ0) is 19.1. The summed E-state index contributed by atoms with van der Waals surface area (Å²) >= 11 is 0. The standard InChI is InChI=1S/C21H32N2O3S/c24-21(22-18-9-5-1-2-6-10-18)17-13-15-20(16-14-17)27(25,26)23-19-11-7-3-4-8-12-19/h13-16,18-19,23H,1-12H2,(H,22,24). The molecule has 5 nitrogen and oxygen atoms in total. The second-order valence-electron chi connectivity index (χ2n) is 8.00. The van der Waals surface area contributed by atoms with Gasteiger partial charge in [-0.1, -0.05) is 51.4 Å². The molecule has 2 fully saturated rings. The Labute approximate surface area is 163 Å². The first-order valence-corrected chi connectivity index (χ1v) is 12.0. The lowest BCUT2D eigenvalue weighted by molar-refractivity contribution is 0.0933. The van der Waals surface area contributed by atoms with Gasteiger partial charge in [0.2, 0.25) is 10.0 Å². The number of carbonyl (C=O) groups is 1. The summed E-state index contributed by atoms with van der Waals surface area (Å²) < 4.78 is 28.1. The van der Waals surface area contributed by atoms with Crippen LogP contribution >= 0.6 is 0 Å². The SMILES string of the molecule is O=C(NC1CCCCCC1)c1ccc(S(=O)(=O)NC2CCCCCC2)cc1. The second kappa shape index (κ2) is 9.69. The van der Waals surface area contributed by atoms with Crippen molar-refractivity contribution in [2.24, 2.45) is 0 Å². The molecular weight excluding hydrogens is 360 g/mol. The third kappa shape index (κ3) is 6.04. The van der Waals surface area contributed by atoms with Gasteiger partial charge in [-0.2, -0.15) is 0 Å². The first-order valence-electron chi connectivity index (χ1n) is 10.5. The van der Waals surface area contributed by atoms with Crippen LogP contribution in [0.5, 0.6) is 0 Å². The molecule has 0 saturated heterocycles.